The van der Waals surface area contributed by atoms with Crippen LogP contribution < -0.4 is 10.2 Å². The quantitative estimate of drug-likeness (QED) is 0.419. The normalized spacial score (nSPS) is 28.7. The molecule has 0 saturated carbocycles. The van der Waals surface area contributed by atoms with Crippen molar-refractivity contribution >= 4 is 26.0 Å². The molecule has 3 heterocycles. The number of hydroxylamine groups is 1. The average Bonchev–Trinajstić information content (AvgIpc) is 3.19. The molecule has 1 aromatic rings. The summed E-state index contributed by atoms with van der Waals surface area (Å²) in [7, 11) is -7.58. The number of carbonyl (C=O) groups is 1. The topological polar surface area (TPSA) is 146 Å². The van der Waals surface area contributed by atoms with Gasteiger partial charge in [0, 0.05) is 31.5 Å². The standard InChI is InChI=1S/C20H26N4O7S2/c1-32(27,28)23-11-8-14-12-18(20(25)22-26)24(19(14)13-23)33(29,30)17-4-2-15(3-5-17)31-16-6-9-21-10-7-16/h2-4,6-7,9-10,14,17-19,26H,5,8,11-13H2,1H3,(H,22,25)/t14-,17?,18-,19-/m0/s1. The van der Waals surface area contributed by atoms with Gasteiger partial charge in [0.05, 0.1) is 11.5 Å². The summed E-state index contributed by atoms with van der Waals surface area (Å²) in [4.78, 5) is 16.3. The predicted molar refractivity (Wildman–Crippen MR) is 118 cm³/mol. The lowest BCUT2D eigenvalue weighted by Gasteiger charge is -2.38. The third-order valence-electron chi connectivity index (χ3n) is 6.31. The fourth-order valence-corrected chi connectivity index (χ4v) is 7.62. The number of hydrogen-bond acceptors (Lipinski definition) is 8. The lowest BCUT2D eigenvalue weighted by atomic mass is 9.92. The van der Waals surface area contributed by atoms with Gasteiger partial charge in [0.25, 0.3) is 5.91 Å². The van der Waals surface area contributed by atoms with E-state index in [4.69, 9.17) is 4.74 Å². The summed E-state index contributed by atoms with van der Waals surface area (Å²) < 4.78 is 59.6. The summed E-state index contributed by atoms with van der Waals surface area (Å²) in [6.07, 6.45) is 9.73. The van der Waals surface area contributed by atoms with Crippen molar-refractivity contribution in [2.24, 2.45) is 5.92 Å². The van der Waals surface area contributed by atoms with Crippen molar-refractivity contribution in [2.45, 2.75) is 36.6 Å². The van der Waals surface area contributed by atoms with Crippen LogP contribution in [0.4, 0.5) is 0 Å². The van der Waals surface area contributed by atoms with Gasteiger partial charge in [-0.1, -0.05) is 6.08 Å². The number of aromatic nitrogens is 1. The third-order valence-corrected chi connectivity index (χ3v) is 9.81. The molecule has 1 aromatic heterocycles. The molecule has 13 heteroatoms. The highest BCUT2D eigenvalue weighted by molar-refractivity contribution is 7.90. The number of amides is 1. The monoisotopic (exact) mass is 498 g/mol. The zero-order valence-corrected chi connectivity index (χ0v) is 19.6. The van der Waals surface area contributed by atoms with Crippen molar-refractivity contribution in [1.82, 2.24) is 19.1 Å². The summed E-state index contributed by atoms with van der Waals surface area (Å²) >= 11 is 0. The molecule has 11 nitrogen and oxygen atoms in total. The van der Waals surface area contributed by atoms with Crippen LogP contribution in [0.5, 0.6) is 5.75 Å². The van der Waals surface area contributed by atoms with Gasteiger partial charge in [-0.15, -0.1) is 0 Å². The van der Waals surface area contributed by atoms with Crippen LogP contribution in [0.25, 0.3) is 0 Å². The van der Waals surface area contributed by atoms with E-state index in [0.717, 1.165) is 10.6 Å². The first-order chi connectivity index (χ1) is 15.6. The molecule has 0 bridgehead atoms. The van der Waals surface area contributed by atoms with E-state index in [0.29, 0.717) is 17.9 Å². The lowest BCUT2D eigenvalue weighted by Crippen LogP contribution is -2.56. The summed E-state index contributed by atoms with van der Waals surface area (Å²) in [5.74, 6) is 0.0366. The van der Waals surface area contributed by atoms with E-state index in [-0.39, 0.29) is 31.8 Å². The van der Waals surface area contributed by atoms with Crippen LogP contribution in [0.1, 0.15) is 19.3 Å². The van der Waals surface area contributed by atoms with Crippen LogP contribution in [0.15, 0.2) is 48.5 Å². The van der Waals surface area contributed by atoms with Crippen LogP contribution >= 0.6 is 0 Å². The number of carbonyl (C=O) groups excluding carboxylic acids is 1. The maximum atomic E-state index is 13.7. The number of sulfonamides is 2. The fraction of sp³-hybridized carbons (Fsp3) is 0.500. The molecule has 2 N–H and O–H groups in total. The molecule has 2 fully saturated rings. The van der Waals surface area contributed by atoms with Crippen molar-refractivity contribution in [3.63, 3.8) is 0 Å². The number of nitrogens with zero attached hydrogens (tertiary/aromatic N) is 3. The van der Waals surface area contributed by atoms with Gasteiger partial charge >= 0.3 is 0 Å². The van der Waals surface area contributed by atoms with Gasteiger partial charge in [0.1, 0.15) is 17.6 Å². The second kappa shape index (κ2) is 9.14. The largest absolute Gasteiger partial charge is 0.458 e. The zero-order chi connectivity index (χ0) is 23.8. The van der Waals surface area contributed by atoms with Crippen LogP contribution in [-0.4, -0.2) is 78.2 Å². The molecule has 0 aromatic carbocycles. The molecule has 1 amide bonds. The van der Waals surface area contributed by atoms with Gasteiger partial charge < -0.3 is 4.74 Å². The first-order valence-electron chi connectivity index (χ1n) is 10.5. The minimum absolute atomic E-state index is 0.0272. The summed E-state index contributed by atoms with van der Waals surface area (Å²) in [5, 5.41) is 8.25. The third kappa shape index (κ3) is 4.82. The Balaban J connectivity index is 1.57. The predicted octanol–water partition coefficient (Wildman–Crippen LogP) is 0.232. The lowest BCUT2D eigenvalue weighted by molar-refractivity contribution is -0.132. The molecule has 4 rings (SSSR count). The molecule has 180 valence electrons. The van der Waals surface area contributed by atoms with E-state index in [1.54, 1.807) is 42.2 Å². The van der Waals surface area contributed by atoms with Crippen LogP contribution in [-0.2, 0) is 24.8 Å². The van der Waals surface area contributed by atoms with E-state index in [1.165, 1.54) is 10.4 Å². The second-order valence-corrected chi connectivity index (χ2v) is 12.4. The summed E-state index contributed by atoms with van der Waals surface area (Å²) in [5.41, 5.74) is 1.57. The molecule has 4 atom stereocenters. The molecule has 1 unspecified atom stereocenters. The van der Waals surface area contributed by atoms with Crippen molar-refractivity contribution in [3.05, 3.63) is 48.5 Å². The van der Waals surface area contributed by atoms with Gasteiger partial charge in [0.2, 0.25) is 20.0 Å². The fourth-order valence-electron chi connectivity index (χ4n) is 4.68. The van der Waals surface area contributed by atoms with Gasteiger partial charge in [-0.05, 0) is 49.5 Å². The van der Waals surface area contributed by atoms with Gasteiger partial charge in [0.15, 0.2) is 0 Å². The number of piperidine rings is 1. The molecule has 0 radical (unpaired) electrons. The van der Waals surface area contributed by atoms with Crippen LogP contribution in [0, 0.1) is 5.92 Å². The first-order valence-corrected chi connectivity index (χ1v) is 13.8. The minimum atomic E-state index is -4.06. The second-order valence-electron chi connectivity index (χ2n) is 8.36. The summed E-state index contributed by atoms with van der Waals surface area (Å²) in [6.45, 7) is 0.240. The maximum absolute atomic E-state index is 13.7. The Morgan fingerprint density at radius 3 is 2.58 bits per heavy atom. The van der Waals surface area contributed by atoms with Crippen LogP contribution in [0.3, 0.4) is 0 Å². The number of ether oxygens (including phenoxy) is 1. The maximum Gasteiger partial charge on any atom is 0.261 e. The Bertz CT molecular complexity index is 1170. The van der Waals surface area contributed by atoms with Crippen molar-refractivity contribution < 1.29 is 31.6 Å². The number of allylic oxidation sites excluding steroid dienone is 2. The number of hydrogen-bond donors (Lipinski definition) is 2. The van der Waals surface area contributed by atoms with Crippen molar-refractivity contribution in [1.29, 1.82) is 0 Å². The van der Waals surface area contributed by atoms with E-state index >= 15 is 0 Å². The van der Waals surface area contributed by atoms with Gasteiger partial charge in [-0.2, -0.15) is 4.31 Å². The summed E-state index contributed by atoms with van der Waals surface area (Å²) in [6, 6.07) is 1.56. The molecular formula is C20H26N4O7S2. The SMILES string of the molecule is CS(=O)(=O)N1CC[C@H]2C[C@@H](C(=O)NO)N(S(=O)(=O)C3C=CC(Oc4ccncc4)=CC3)[C@H]2C1. The Kier molecular flexibility index (Phi) is 6.60. The number of fused-ring (bicyclic) bond motifs is 1. The first kappa shape index (κ1) is 23.8. The van der Waals surface area contributed by atoms with Gasteiger partial charge in [-0.25, -0.2) is 26.6 Å². The van der Waals surface area contributed by atoms with E-state index in [9.17, 15) is 26.8 Å². The molecule has 1 aliphatic carbocycles. The Hall–Kier alpha value is -2.32. The smallest absolute Gasteiger partial charge is 0.261 e. The molecule has 3 aliphatic rings. The van der Waals surface area contributed by atoms with E-state index in [2.05, 4.69) is 4.98 Å². The van der Waals surface area contributed by atoms with Crippen molar-refractivity contribution in [3.8, 4) is 5.75 Å². The Morgan fingerprint density at radius 1 is 1.24 bits per heavy atom. The molecule has 2 aliphatic heterocycles. The number of nitrogens with one attached hydrogen (secondary N) is 1. The highest BCUT2D eigenvalue weighted by atomic mass is 32.2. The highest BCUT2D eigenvalue weighted by Crippen LogP contribution is 2.40. The Morgan fingerprint density at radius 2 is 1.97 bits per heavy atom. The minimum Gasteiger partial charge on any atom is -0.458 e. The number of pyridine rings is 1. The zero-order valence-electron chi connectivity index (χ0n) is 17.9. The molecular weight excluding hydrogens is 472 g/mol. The molecule has 33 heavy (non-hydrogen) atoms. The highest BCUT2D eigenvalue weighted by Gasteiger charge is 2.54. The average molecular weight is 499 g/mol. The Labute approximate surface area is 192 Å². The van der Waals surface area contributed by atoms with Crippen LogP contribution in [0.2, 0.25) is 0 Å². The van der Waals surface area contributed by atoms with E-state index < -0.39 is 43.3 Å². The van der Waals surface area contributed by atoms with Crippen molar-refractivity contribution in [2.75, 3.05) is 19.3 Å². The van der Waals surface area contributed by atoms with Gasteiger partial charge in [-0.3, -0.25) is 15.0 Å². The number of rotatable bonds is 6. The molecule has 2 saturated heterocycles. The van der Waals surface area contributed by atoms with E-state index in [1.807, 2.05) is 0 Å². The molecule has 0 spiro atoms.